The van der Waals surface area contributed by atoms with Crippen LogP contribution in [0.4, 0.5) is 10.5 Å². The topological polar surface area (TPSA) is 58.8 Å². The number of ether oxygens (including phenoxy) is 1. The molecule has 1 saturated heterocycles. The van der Waals surface area contributed by atoms with Crippen LogP contribution >= 0.6 is 0 Å². The first-order valence-electron chi connectivity index (χ1n) is 6.02. The van der Waals surface area contributed by atoms with Crippen molar-refractivity contribution in [3.8, 4) is 5.75 Å². The molecule has 1 aliphatic heterocycles. The van der Waals surface area contributed by atoms with E-state index >= 15 is 0 Å². The lowest BCUT2D eigenvalue weighted by molar-refractivity contribution is 0.194. The van der Waals surface area contributed by atoms with Crippen molar-refractivity contribution in [2.75, 3.05) is 38.7 Å². The van der Waals surface area contributed by atoms with Crippen LogP contribution in [0.25, 0.3) is 0 Å². The van der Waals surface area contributed by atoms with Gasteiger partial charge >= 0.3 is 6.03 Å². The first-order chi connectivity index (χ1) is 8.65. The van der Waals surface area contributed by atoms with E-state index in [9.17, 15) is 4.79 Å². The van der Waals surface area contributed by atoms with Crippen molar-refractivity contribution in [1.29, 1.82) is 0 Å². The molecule has 5 heteroatoms. The van der Waals surface area contributed by atoms with Gasteiger partial charge < -0.3 is 15.4 Å². The van der Waals surface area contributed by atoms with E-state index in [0.29, 0.717) is 19.0 Å². The van der Waals surface area contributed by atoms with E-state index in [4.69, 9.17) is 10.5 Å². The predicted octanol–water partition coefficient (Wildman–Crippen LogP) is 1.14. The number of hydrogen-bond donors (Lipinski definition) is 1. The highest BCUT2D eigenvalue weighted by Crippen LogP contribution is 2.25. The summed E-state index contributed by atoms with van der Waals surface area (Å²) < 4.78 is 5.18. The lowest BCUT2D eigenvalue weighted by Crippen LogP contribution is -2.53. The molecule has 5 nitrogen and oxygen atoms in total. The summed E-state index contributed by atoms with van der Waals surface area (Å²) in [5, 5.41) is 0. The second-order valence-electron chi connectivity index (χ2n) is 4.58. The lowest BCUT2D eigenvalue weighted by atomic mass is 10.1. The van der Waals surface area contributed by atoms with Crippen LogP contribution in [0, 0.1) is 5.92 Å². The number of anilines is 1. The van der Waals surface area contributed by atoms with Crippen LogP contribution in [0.3, 0.4) is 0 Å². The first-order valence-corrected chi connectivity index (χ1v) is 6.02. The van der Waals surface area contributed by atoms with Crippen LogP contribution in [-0.4, -0.2) is 44.7 Å². The summed E-state index contributed by atoms with van der Waals surface area (Å²) in [5.41, 5.74) is 6.57. The second-order valence-corrected chi connectivity index (χ2v) is 4.58. The highest BCUT2D eigenvalue weighted by molar-refractivity contribution is 5.92. The average molecular weight is 249 g/mol. The van der Waals surface area contributed by atoms with E-state index in [1.165, 1.54) is 0 Å². The predicted molar refractivity (Wildman–Crippen MR) is 70.9 cm³/mol. The smallest absolute Gasteiger partial charge is 0.324 e. The minimum Gasteiger partial charge on any atom is -0.497 e. The van der Waals surface area contributed by atoms with Crippen LogP contribution < -0.4 is 15.4 Å². The zero-order chi connectivity index (χ0) is 13.1. The van der Waals surface area contributed by atoms with Gasteiger partial charge in [-0.3, -0.25) is 4.90 Å². The van der Waals surface area contributed by atoms with Crippen molar-refractivity contribution in [2.24, 2.45) is 11.7 Å². The van der Waals surface area contributed by atoms with Gasteiger partial charge in [-0.05, 0) is 18.7 Å². The summed E-state index contributed by atoms with van der Waals surface area (Å²) >= 11 is 0. The maximum Gasteiger partial charge on any atom is 0.324 e. The highest BCUT2D eigenvalue weighted by Gasteiger charge is 2.29. The minimum absolute atomic E-state index is 0.00736. The molecule has 1 heterocycles. The van der Waals surface area contributed by atoms with Crippen LogP contribution in [0.5, 0.6) is 5.75 Å². The van der Waals surface area contributed by atoms with Crippen LogP contribution in [0.15, 0.2) is 24.3 Å². The van der Waals surface area contributed by atoms with Gasteiger partial charge in [0.05, 0.1) is 7.11 Å². The van der Waals surface area contributed by atoms with Crippen LogP contribution in [0.2, 0.25) is 0 Å². The molecular formula is C13H19N3O2. The van der Waals surface area contributed by atoms with Gasteiger partial charge in [-0.15, -0.1) is 0 Å². The number of benzene rings is 1. The Kier molecular flexibility index (Phi) is 3.72. The molecule has 1 unspecified atom stereocenters. The standard InChI is InChI=1S/C13H19N3O2/c1-15-8-10(7-14)9-16(13(15)17)11-4-3-5-12(6-11)18-2/h3-6,10H,7-9,14H2,1-2H3. The molecule has 1 aliphatic rings. The molecule has 0 spiro atoms. The van der Waals surface area contributed by atoms with Crippen molar-refractivity contribution < 1.29 is 9.53 Å². The number of nitrogens with zero attached hydrogens (tertiary/aromatic N) is 2. The molecule has 1 atom stereocenters. The van der Waals surface area contributed by atoms with E-state index < -0.39 is 0 Å². The third-order valence-corrected chi connectivity index (χ3v) is 3.23. The zero-order valence-corrected chi connectivity index (χ0v) is 10.8. The normalized spacial score (nSPS) is 20.2. The Morgan fingerprint density at radius 3 is 2.89 bits per heavy atom. The van der Waals surface area contributed by atoms with E-state index in [0.717, 1.165) is 18.0 Å². The largest absolute Gasteiger partial charge is 0.497 e. The number of carbonyl (C=O) groups excluding carboxylic acids is 1. The third kappa shape index (κ3) is 2.41. The summed E-state index contributed by atoms with van der Waals surface area (Å²) in [6.07, 6.45) is 0. The molecule has 2 rings (SSSR count). The molecule has 98 valence electrons. The fraction of sp³-hybridized carbons (Fsp3) is 0.462. The Labute approximate surface area is 107 Å². The van der Waals surface area contributed by atoms with Gasteiger partial charge in [0.25, 0.3) is 0 Å². The molecule has 0 radical (unpaired) electrons. The van der Waals surface area contributed by atoms with Crippen molar-refractivity contribution in [1.82, 2.24) is 4.90 Å². The zero-order valence-electron chi connectivity index (χ0n) is 10.8. The van der Waals surface area contributed by atoms with Gasteiger partial charge in [0.2, 0.25) is 0 Å². The van der Waals surface area contributed by atoms with Crippen molar-refractivity contribution >= 4 is 11.7 Å². The van der Waals surface area contributed by atoms with Gasteiger partial charge in [-0.1, -0.05) is 6.07 Å². The van der Waals surface area contributed by atoms with Crippen molar-refractivity contribution in [2.45, 2.75) is 0 Å². The Bertz CT molecular complexity index is 436. The molecule has 0 aliphatic carbocycles. The summed E-state index contributed by atoms with van der Waals surface area (Å²) in [5.74, 6) is 1.05. The summed E-state index contributed by atoms with van der Waals surface area (Å²) in [6, 6.07) is 7.53. The highest BCUT2D eigenvalue weighted by atomic mass is 16.5. The number of nitrogens with two attached hydrogens (primary N) is 1. The molecule has 0 bridgehead atoms. The summed E-state index contributed by atoms with van der Waals surface area (Å²) in [6.45, 7) is 1.96. The second kappa shape index (κ2) is 5.27. The first kappa shape index (κ1) is 12.7. The Balaban J connectivity index is 2.26. The number of hydrogen-bond acceptors (Lipinski definition) is 3. The Hall–Kier alpha value is -1.75. The molecule has 0 aromatic heterocycles. The van der Waals surface area contributed by atoms with Gasteiger partial charge in [-0.25, -0.2) is 4.79 Å². The monoisotopic (exact) mass is 249 g/mol. The number of methoxy groups -OCH3 is 1. The quantitative estimate of drug-likeness (QED) is 0.874. The number of carbonyl (C=O) groups is 1. The number of amides is 2. The molecule has 2 N–H and O–H groups in total. The van der Waals surface area contributed by atoms with Gasteiger partial charge in [0.15, 0.2) is 0 Å². The lowest BCUT2D eigenvalue weighted by Gasteiger charge is -2.38. The molecule has 18 heavy (non-hydrogen) atoms. The SMILES string of the molecule is COc1cccc(N2CC(CN)CN(C)C2=O)c1. The van der Waals surface area contributed by atoms with E-state index in [1.54, 1.807) is 24.0 Å². The Morgan fingerprint density at radius 1 is 1.44 bits per heavy atom. The number of urea groups is 1. The van der Waals surface area contributed by atoms with E-state index in [2.05, 4.69) is 0 Å². The molecule has 1 aromatic rings. The molecule has 0 saturated carbocycles. The van der Waals surface area contributed by atoms with Gasteiger partial charge in [0, 0.05) is 37.8 Å². The maximum atomic E-state index is 12.2. The molecule has 1 fully saturated rings. The molecule has 1 aromatic carbocycles. The summed E-state index contributed by atoms with van der Waals surface area (Å²) in [4.78, 5) is 15.6. The summed E-state index contributed by atoms with van der Waals surface area (Å²) in [7, 11) is 3.42. The van der Waals surface area contributed by atoms with Gasteiger partial charge in [0.1, 0.15) is 5.75 Å². The maximum absolute atomic E-state index is 12.2. The third-order valence-electron chi connectivity index (χ3n) is 3.23. The van der Waals surface area contributed by atoms with Crippen LogP contribution in [0.1, 0.15) is 0 Å². The fourth-order valence-electron chi connectivity index (χ4n) is 2.21. The van der Waals surface area contributed by atoms with Crippen molar-refractivity contribution in [3.63, 3.8) is 0 Å². The van der Waals surface area contributed by atoms with Crippen LogP contribution in [-0.2, 0) is 0 Å². The minimum atomic E-state index is 0.00736. The van der Waals surface area contributed by atoms with Crippen molar-refractivity contribution in [3.05, 3.63) is 24.3 Å². The Morgan fingerprint density at radius 2 is 2.22 bits per heavy atom. The average Bonchev–Trinajstić information content (AvgIpc) is 2.41. The van der Waals surface area contributed by atoms with E-state index in [-0.39, 0.29) is 6.03 Å². The molecular weight excluding hydrogens is 230 g/mol. The van der Waals surface area contributed by atoms with Gasteiger partial charge in [-0.2, -0.15) is 0 Å². The fourth-order valence-corrected chi connectivity index (χ4v) is 2.21. The number of rotatable bonds is 3. The molecule has 2 amide bonds. The van der Waals surface area contributed by atoms with E-state index in [1.807, 2.05) is 24.3 Å².